The predicted octanol–water partition coefficient (Wildman–Crippen LogP) is 8.68. The number of hydrogen-bond acceptors (Lipinski definition) is 18. The molecule has 0 atom stereocenters. The van der Waals surface area contributed by atoms with E-state index in [-0.39, 0.29) is 116 Å². The first-order chi connectivity index (χ1) is 36.5. The van der Waals surface area contributed by atoms with Gasteiger partial charge in [0.05, 0.1) is 42.0 Å². The number of nitrogens with zero attached hydrogens (tertiary/aromatic N) is 5. The molecular formula is C55H79ClF2KN9O12S2. The van der Waals surface area contributed by atoms with Crippen LogP contribution in [0.15, 0.2) is 158 Å². The number of anilines is 1. The Morgan fingerprint density at radius 2 is 1.13 bits per heavy atom. The second-order valence-corrected chi connectivity index (χ2v) is 18.1. The molecule has 0 fully saturated rings. The zero-order valence-electron chi connectivity index (χ0n) is 45.1. The number of amidine groups is 1. The first kappa shape index (κ1) is 89.3. The number of nitriles is 2. The van der Waals surface area contributed by atoms with Gasteiger partial charge in [0, 0.05) is 17.4 Å². The van der Waals surface area contributed by atoms with Gasteiger partial charge in [0.1, 0.15) is 39.3 Å². The van der Waals surface area contributed by atoms with Gasteiger partial charge in [0.25, 0.3) is 20.2 Å². The van der Waals surface area contributed by atoms with Crippen molar-refractivity contribution in [1.82, 2.24) is 5.16 Å². The average molecular weight is 1240 g/mol. The summed E-state index contributed by atoms with van der Waals surface area (Å²) in [5.74, 6) is 0.426. The Balaban J connectivity index is -0.000000132. The van der Waals surface area contributed by atoms with E-state index in [0.29, 0.717) is 28.4 Å². The third-order valence-corrected chi connectivity index (χ3v) is 9.35. The number of aliphatic hydroxyl groups is 1. The fourth-order valence-electron chi connectivity index (χ4n) is 4.64. The van der Waals surface area contributed by atoms with Gasteiger partial charge in [-0.2, -0.15) is 27.4 Å². The Kier molecular flexibility index (Phi) is 54.8. The van der Waals surface area contributed by atoms with E-state index in [0.717, 1.165) is 28.8 Å². The SMILES string of the molecule is C.C.C.C.CC(C)(C)[O-].CC(C)=NO.CC(C)=NOc1ccccc1C#N.CCO.N#Cc1ccccc1F.N=C(N)c1ccccc1O.NCl.Nc1noc2ccccc12.O=S(=O)(O)c1cccc2c(S(=O)(=O)O)cccc12.[2H]CF.[K+]. The molecular weight excluding hydrogens is 1160 g/mol. The molecule has 0 aliphatic carbocycles. The maximum atomic E-state index is 12.4. The number of aromatic nitrogens is 1. The number of nitrogens with one attached hydrogen (secondary N) is 1. The second-order valence-electron chi connectivity index (χ2n) is 15.4. The summed E-state index contributed by atoms with van der Waals surface area (Å²) in [5, 5.41) is 73.5. The second kappa shape index (κ2) is 50.3. The number of phenolic OH excluding ortho intramolecular Hbond substituents is 1. The molecule has 0 saturated carbocycles. The van der Waals surface area contributed by atoms with E-state index in [1.807, 2.05) is 44.2 Å². The van der Waals surface area contributed by atoms with Crippen LogP contribution in [-0.4, -0.2) is 83.1 Å². The van der Waals surface area contributed by atoms with Crippen LogP contribution >= 0.6 is 11.8 Å². The van der Waals surface area contributed by atoms with Crippen molar-refractivity contribution in [2.45, 2.75) is 100 Å². The zero-order chi connectivity index (χ0) is 60.7. The first-order valence-corrected chi connectivity index (χ1v) is 24.8. The molecule has 27 heteroatoms. The van der Waals surface area contributed by atoms with Crippen LogP contribution in [0.2, 0.25) is 0 Å². The van der Waals surface area contributed by atoms with E-state index >= 15 is 0 Å². The molecule has 0 saturated heterocycles. The van der Waals surface area contributed by atoms with Crippen LogP contribution in [0.25, 0.3) is 21.7 Å². The third kappa shape index (κ3) is 40.7. The van der Waals surface area contributed by atoms with Crippen molar-refractivity contribution < 1.29 is 117 Å². The molecule has 0 aliphatic rings. The van der Waals surface area contributed by atoms with Crippen molar-refractivity contribution in [3.63, 3.8) is 0 Å². The molecule has 0 amide bonds. The number of para-hydroxylation sites is 3. The number of hydrogen-bond donors (Lipinski definition) is 9. The van der Waals surface area contributed by atoms with Crippen molar-refractivity contribution in [1.29, 1.82) is 15.9 Å². The van der Waals surface area contributed by atoms with Gasteiger partial charge in [-0.15, -0.1) is 5.60 Å². The molecule has 450 valence electrons. The summed E-state index contributed by atoms with van der Waals surface area (Å²) < 4.78 is 95.4. The number of halogens is 3. The van der Waals surface area contributed by atoms with Gasteiger partial charge >= 0.3 is 51.4 Å². The molecule has 7 rings (SSSR count). The largest absolute Gasteiger partial charge is 1.00 e. The number of nitrogens with two attached hydrogens (primary N) is 3. The first-order valence-electron chi connectivity index (χ1n) is 22.2. The molecule has 0 unspecified atom stereocenters. The Morgan fingerprint density at radius 3 is 1.48 bits per heavy atom. The van der Waals surface area contributed by atoms with Crippen molar-refractivity contribution >= 4 is 76.8 Å². The van der Waals surface area contributed by atoms with Gasteiger partial charge in [-0.3, -0.25) is 18.9 Å². The van der Waals surface area contributed by atoms with Crippen LogP contribution in [0.3, 0.4) is 0 Å². The number of phenols is 1. The predicted molar refractivity (Wildman–Crippen MR) is 320 cm³/mol. The number of oxime groups is 2. The van der Waals surface area contributed by atoms with E-state index in [2.05, 4.69) is 32.5 Å². The molecule has 0 aliphatic heterocycles. The monoisotopic (exact) mass is 1230 g/mol. The molecule has 6 aromatic carbocycles. The summed E-state index contributed by atoms with van der Waals surface area (Å²) >= 11 is 4.14. The van der Waals surface area contributed by atoms with E-state index in [4.69, 9.17) is 62.7 Å². The van der Waals surface area contributed by atoms with Crippen molar-refractivity contribution in [2.24, 2.45) is 21.3 Å². The molecule has 82 heavy (non-hydrogen) atoms. The molecule has 1 heterocycles. The average Bonchev–Trinajstić information content (AvgIpc) is 3.76. The van der Waals surface area contributed by atoms with Crippen molar-refractivity contribution in [3.8, 4) is 23.6 Å². The van der Waals surface area contributed by atoms with E-state index < -0.39 is 48.6 Å². The Morgan fingerprint density at radius 1 is 0.768 bits per heavy atom. The van der Waals surface area contributed by atoms with Crippen LogP contribution in [0.5, 0.6) is 11.5 Å². The number of nitrogen functional groups attached to an aromatic ring is 2. The molecule has 12 N–H and O–H groups in total. The molecule has 1 aromatic heterocycles. The van der Waals surface area contributed by atoms with Gasteiger partial charge in [0.15, 0.2) is 17.2 Å². The minimum atomic E-state index is -4.47. The number of benzene rings is 6. The Bertz CT molecular complexity index is 3190. The zero-order valence-corrected chi connectivity index (χ0v) is 49.6. The molecule has 0 radical (unpaired) electrons. The quantitative estimate of drug-likeness (QED) is 0.0148. The minimum absolute atomic E-state index is 0. The maximum Gasteiger partial charge on any atom is 1.00 e. The summed E-state index contributed by atoms with van der Waals surface area (Å²) in [4.78, 5) is 4.23. The summed E-state index contributed by atoms with van der Waals surface area (Å²) in [6.45, 7) is 13.9. The Labute approximate surface area is 531 Å². The van der Waals surface area contributed by atoms with Crippen LogP contribution in [-0.2, 0) is 20.2 Å². The maximum absolute atomic E-state index is 12.4. The topological polar surface area (TPSA) is 402 Å². The molecule has 0 bridgehead atoms. The number of alkyl halides is 1. The van der Waals surface area contributed by atoms with Gasteiger partial charge in [-0.25, -0.2) is 9.64 Å². The molecule has 0 spiro atoms. The fourth-order valence-corrected chi connectivity index (χ4v) is 6.05. The number of aromatic hydroxyl groups is 1. The summed E-state index contributed by atoms with van der Waals surface area (Å²) in [6, 6.07) is 38.1. The number of aliphatic hydroxyl groups excluding tert-OH is 1. The summed E-state index contributed by atoms with van der Waals surface area (Å²) in [5.41, 5.74) is 13.1. The molecule has 21 nitrogen and oxygen atoms in total. The van der Waals surface area contributed by atoms with Gasteiger partial charge in [-0.1, -0.05) is 139 Å². The summed E-state index contributed by atoms with van der Waals surface area (Å²) in [7, 11) is -9.94. The molecule has 7 aromatic rings. The van der Waals surface area contributed by atoms with Crippen LogP contribution in [0, 0.1) is 33.9 Å². The normalized spacial score (nSPS) is 9.17. The van der Waals surface area contributed by atoms with Gasteiger partial charge in [0.2, 0.25) is 0 Å². The van der Waals surface area contributed by atoms with Gasteiger partial charge < -0.3 is 41.4 Å². The third-order valence-electron chi connectivity index (χ3n) is 7.53. The van der Waals surface area contributed by atoms with Crippen LogP contribution in [0.1, 0.15) is 103 Å². The van der Waals surface area contributed by atoms with E-state index in [1.54, 1.807) is 102 Å². The number of rotatable bonds is 5. The smallest absolute Gasteiger partial charge is 0.850 e. The van der Waals surface area contributed by atoms with Crippen LogP contribution in [0.4, 0.5) is 14.6 Å². The van der Waals surface area contributed by atoms with E-state index in [9.17, 15) is 30.7 Å². The standard InChI is InChI=1S/C10H10N2O.C10H8O6S2.C7H4FN.C7H6N2O.C7H8N2O.C4H9O.C3H7NO.C2H6O.CH3F.4CH4.ClH2N.K/c1-8(2)12-13-10-6-4-3-5-9(10)7-11;11-17(12,13)9-5-1-3-7-8(9)4-2-6-10(7)18(14,15)16;8-7-4-2-1-3-6(7)5-9;8-7-5-3-1-2-4-6(5)10-9-7;8-7(9)5-3-1-2-4-6(5)10;1-4(2,3)5;1-3(2)4-5;1-2-3;1-2;;;;;1-2;/h3-6H,1-2H3;1-6H,(H,11,12,13)(H,14,15,16);1-4H;1-4H,(H2,8,9);1-4,10H,(H3,8,9);1-3H3;5H,1-2H3;3H,2H2,1H3;1H3;4*1H4;2H2;/q;;;;;-1;;;;;;;;;+1/i;;;;;;;;1D;;;;;;. The fraction of sp³-hybridized carbons (Fsp3) is 0.273. The van der Waals surface area contributed by atoms with E-state index in [1.165, 1.54) is 42.5 Å². The summed E-state index contributed by atoms with van der Waals surface area (Å²) in [6.07, 6.45) is 0. The Hall–Kier alpha value is -6.47. The van der Waals surface area contributed by atoms with Crippen molar-refractivity contribution in [2.75, 3.05) is 19.5 Å². The van der Waals surface area contributed by atoms with Gasteiger partial charge in [-0.05, 0) is 107 Å². The van der Waals surface area contributed by atoms with Crippen LogP contribution < -0.4 is 78.0 Å². The minimum Gasteiger partial charge on any atom is -0.850 e. The van der Waals surface area contributed by atoms with Crippen molar-refractivity contribution in [3.05, 3.63) is 156 Å². The number of fused-ring (bicyclic) bond motifs is 2.